The van der Waals surface area contributed by atoms with Gasteiger partial charge in [-0.25, -0.2) is 0 Å². The van der Waals surface area contributed by atoms with Crippen molar-refractivity contribution in [1.29, 1.82) is 0 Å². The number of methoxy groups -OCH3 is 2. The molecule has 2 nitrogen and oxygen atoms in total. The quantitative estimate of drug-likeness (QED) is 0.664. The molecule has 64 valence electrons. The molecular weight excluding hydrogens is 152 g/mol. The third-order valence-electron chi connectivity index (χ3n) is 1.69. The van der Waals surface area contributed by atoms with E-state index in [-0.39, 0.29) is 0 Å². The molecule has 0 aliphatic carbocycles. The lowest BCUT2D eigenvalue weighted by Gasteiger charge is -2.08. The molecule has 0 bridgehead atoms. The summed E-state index contributed by atoms with van der Waals surface area (Å²) in [5, 5.41) is 0. The summed E-state index contributed by atoms with van der Waals surface area (Å²) in [5.74, 6) is 1.46. The molecule has 2 heteroatoms. The van der Waals surface area contributed by atoms with Crippen LogP contribution in [-0.4, -0.2) is 14.2 Å². The van der Waals surface area contributed by atoms with Gasteiger partial charge in [0.15, 0.2) is 0 Å². The van der Waals surface area contributed by atoms with E-state index < -0.39 is 0 Å². The van der Waals surface area contributed by atoms with Gasteiger partial charge >= 0.3 is 0 Å². The number of hydrogen-bond acceptors (Lipinski definition) is 2. The maximum Gasteiger partial charge on any atom is 0.130 e. The smallest absolute Gasteiger partial charge is 0.130 e. The van der Waals surface area contributed by atoms with Crippen molar-refractivity contribution in [2.75, 3.05) is 14.2 Å². The molecule has 0 aliphatic rings. The molecule has 0 saturated heterocycles. The molecule has 0 amide bonds. The largest absolute Gasteiger partial charge is 0.496 e. The van der Waals surface area contributed by atoms with Gasteiger partial charge in [-0.3, -0.25) is 0 Å². The summed E-state index contributed by atoms with van der Waals surface area (Å²) in [7, 11) is 3.25. The molecule has 0 saturated carbocycles. The second-order valence-corrected chi connectivity index (χ2v) is 2.57. The lowest BCUT2D eigenvalue weighted by molar-refractivity contribution is 0.396. The summed E-state index contributed by atoms with van der Waals surface area (Å²) < 4.78 is 10.2. The van der Waals surface area contributed by atoms with Gasteiger partial charge in [-0.1, -0.05) is 0 Å². The van der Waals surface area contributed by atoms with E-state index in [0.29, 0.717) is 0 Å². The molecule has 0 spiro atoms. The predicted molar refractivity (Wildman–Crippen MR) is 46.7 cm³/mol. The minimum Gasteiger partial charge on any atom is -0.496 e. The fourth-order valence-electron chi connectivity index (χ4n) is 1.05. The van der Waals surface area contributed by atoms with Crippen molar-refractivity contribution < 1.29 is 9.47 Å². The Balaban J connectivity index is 3.16. The molecular formula is C10H12O2. The maximum absolute atomic E-state index is 5.08. The van der Waals surface area contributed by atoms with Crippen molar-refractivity contribution >= 4 is 0 Å². The summed E-state index contributed by atoms with van der Waals surface area (Å²) in [6, 6.07) is 6.13. The normalized spacial score (nSPS) is 9.67. The van der Waals surface area contributed by atoms with E-state index in [0.717, 1.165) is 22.6 Å². The fraction of sp³-hybridized carbons (Fsp3) is 0.400. The minimum absolute atomic E-state index is 0.730. The van der Waals surface area contributed by atoms with Crippen LogP contribution in [0, 0.1) is 26.0 Å². The molecule has 12 heavy (non-hydrogen) atoms. The summed E-state index contributed by atoms with van der Waals surface area (Å²) in [6.45, 7) is 3.83. The number of aryl methyl sites for hydroxylation is 2. The first kappa shape index (κ1) is 8.91. The Hall–Kier alpha value is -1.18. The van der Waals surface area contributed by atoms with E-state index in [1.165, 1.54) is 0 Å². The zero-order valence-electron chi connectivity index (χ0n) is 7.82. The Morgan fingerprint density at radius 1 is 0.833 bits per heavy atom. The molecule has 2 radical (unpaired) electrons. The van der Waals surface area contributed by atoms with Crippen molar-refractivity contribution in [3.63, 3.8) is 0 Å². The Bertz CT molecular complexity index is 250. The topological polar surface area (TPSA) is 18.5 Å². The van der Waals surface area contributed by atoms with Gasteiger partial charge < -0.3 is 9.47 Å². The van der Waals surface area contributed by atoms with Crippen LogP contribution >= 0.6 is 0 Å². The van der Waals surface area contributed by atoms with Crippen molar-refractivity contribution in [3.8, 4) is 11.5 Å². The van der Waals surface area contributed by atoms with Crippen LogP contribution in [0.1, 0.15) is 11.1 Å². The van der Waals surface area contributed by atoms with Crippen molar-refractivity contribution in [2.45, 2.75) is 13.8 Å². The standard InChI is InChI=1S/C10H12O2/c1-7-5-10(12-4)8(2)6-9(7)11-3/h1-4H3. The zero-order valence-corrected chi connectivity index (χ0v) is 7.82. The molecule has 1 aromatic rings. The Labute approximate surface area is 73.1 Å². The van der Waals surface area contributed by atoms with Gasteiger partial charge in [-0.2, -0.15) is 0 Å². The van der Waals surface area contributed by atoms with Crippen LogP contribution in [-0.2, 0) is 0 Å². The van der Waals surface area contributed by atoms with E-state index in [4.69, 9.17) is 9.47 Å². The van der Waals surface area contributed by atoms with Crippen molar-refractivity contribution in [3.05, 3.63) is 23.3 Å². The van der Waals surface area contributed by atoms with E-state index in [1.54, 1.807) is 14.2 Å². The molecule has 0 aliphatic heterocycles. The van der Waals surface area contributed by atoms with Crippen LogP contribution in [0.3, 0.4) is 0 Å². The number of ether oxygens (including phenoxy) is 2. The van der Waals surface area contributed by atoms with Gasteiger partial charge in [0.05, 0.1) is 14.2 Å². The summed E-state index contributed by atoms with van der Waals surface area (Å²) in [4.78, 5) is 0. The summed E-state index contributed by atoms with van der Waals surface area (Å²) in [5.41, 5.74) is 1.83. The average molecular weight is 164 g/mol. The monoisotopic (exact) mass is 164 g/mol. The SMILES string of the molecule is COc1[c]c(C)c(OC)[c]c1C. The molecule has 1 aromatic carbocycles. The van der Waals surface area contributed by atoms with Crippen LogP contribution < -0.4 is 9.47 Å². The summed E-state index contributed by atoms with van der Waals surface area (Å²) >= 11 is 0. The van der Waals surface area contributed by atoms with Gasteiger partial charge in [-0.15, -0.1) is 0 Å². The van der Waals surface area contributed by atoms with E-state index in [1.807, 2.05) is 13.8 Å². The third kappa shape index (κ3) is 1.52. The second-order valence-electron chi connectivity index (χ2n) is 2.57. The predicted octanol–water partition coefficient (Wildman–Crippen LogP) is 1.92. The lowest BCUT2D eigenvalue weighted by atomic mass is 10.1. The first-order valence-electron chi connectivity index (χ1n) is 3.72. The van der Waals surface area contributed by atoms with Gasteiger partial charge in [-0.05, 0) is 13.8 Å². The first-order chi connectivity index (χ1) is 5.69. The number of benzene rings is 1. The Morgan fingerprint density at radius 2 is 1.17 bits per heavy atom. The third-order valence-corrected chi connectivity index (χ3v) is 1.69. The average Bonchev–Trinajstić information content (AvgIpc) is 2.08. The van der Waals surface area contributed by atoms with Crippen LogP contribution in [0.5, 0.6) is 11.5 Å². The summed E-state index contributed by atoms with van der Waals surface area (Å²) in [6.07, 6.45) is 0. The van der Waals surface area contributed by atoms with E-state index in [9.17, 15) is 0 Å². The molecule has 1 rings (SSSR count). The zero-order chi connectivity index (χ0) is 9.14. The first-order valence-corrected chi connectivity index (χ1v) is 3.72. The molecule has 0 N–H and O–H groups in total. The highest BCUT2D eigenvalue weighted by Crippen LogP contribution is 2.25. The second kappa shape index (κ2) is 3.48. The number of rotatable bonds is 2. The highest BCUT2D eigenvalue weighted by Gasteiger charge is 2.05. The van der Waals surface area contributed by atoms with Crippen molar-refractivity contribution in [2.24, 2.45) is 0 Å². The van der Waals surface area contributed by atoms with Gasteiger partial charge in [0, 0.05) is 23.3 Å². The van der Waals surface area contributed by atoms with Crippen LogP contribution in [0.4, 0.5) is 0 Å². The molecule has 0 unspecified atom stereocenters. The lowest BCUT2D eigenvalue weighted by Crippen LogP contribution is -1.93. The Kier molecular flexibility index (Phi) is 2.58. The molecule has 0 heterocycles. The van der Waals surface area contributed by atoms with Crippen LogP contribution in [0.2, 0.25) is 0 Å². The van der Waals surface area contributed by atoms with Gasteiger partial charge in [0.2, 0.25) is 0 Å². The minimum atomic E-state index is 0.730. The maximum atomic E-state index is 5.08. The van der Waals surface area contributed by atoms with E-state index >= 15 is 0 Å². The molecule has 0 aromatic heterocycles. The highest BCUT2D eigenvalue weighted by atomic mass is 16.5. The van der Waals surface area contributed by atoms with Crippen LogP contribution in [0.25, 0.3) is 0 Å². The molecule has 0 atom stereocenters. The van der Waals surface area contributed by atoms with Gasteiger partial charge in [0.25, 0.3) is 0 Å². The van der Waals surface area contributed by atoms with Gasteiger partial charge in [0.1, 0.15) is 11.5 Å². The number of hydrogen-bond donors (Lipinski definition) is 0. The van der Waals surface area contributed by atoms with E-state index in [2.05, 4.69) is 12.1 Å². The van der Waals surface area contributed by atoms with Crippen molar-refractivity contribution in [1.82, 2.24) is 0 Å². The van der Waals surface area contributed by atoms with Crippen LogP contribution in [0.15, 0.2) is 0 Å². The highest BCUT2D eigenvalue weighted by molar-refractivity contribution is 5.42. The Morgan fingerprint density at radius 3 is 1.42 bits per heavy atom. The fourth-order valence-corrected chi connectivity index (χ4v) is 1.05. The molecule has 0 fully saturated rings.